The number of aromatic hydroxyl groups is 1. The number of hydrogen-bond donors (Lipinski definition) is 3. The lowest BCUT2D eigenvalue weighted by Gasteiger charge is -2.20. The van der Waals surface area contributed by atoms with Gasteiger partial charge in [0, 0.05) is 17.2 Å². The van der Waals surface area contributed by atoms with Crippen LogP contribution in [0.3, 0.4) is 0 Å². The molecule has 0 saturated heterocycles. The molecule has 152 valence electrons. The van der Waals surface area contributed by atoms with Gasteiger partial charge in [0.15, 0.2) is 0 Å². The maximum Gasteiger partial charge on any atom is 0.251 e. The van der Waals surface area contributed by atoms with Crippen LogP contribution in [0, 0.1) is 5.92 Å². The Morgan fingerprint density at radius 3 is 2.33 bits per heavy atom. The number of rotatable bonds is 7. The van der Waals surface area contributed by atoms with Crippen molar-refractivity contribution in [1.82, 2.24) is 5.32 Å². The van der Waals surface area contributed by atoms with Crippen molar-refractivity contribution in [1.29, 1.82) is 0 Å². The summed E-state index contributed by atoms with van der Waals surface area (Å²) in [6.07, 6.45) is 2.46. The van der Waals surface area contributed by atoms with Crippen LogP contribution < -0.4 is 10.6 Å². The van der Waals surface area contributed by atoms with Gasteiger partial charge in [-0.25, -0.2) is 0 Å². The molecule has 0 radical (unpaired) electrons. The Kier molecular flexibility index (Phi) is 5.80. The first kappa shape index (κ1) is 19.7. The maximum absolute atomic E-state index is 12.9. The van der Waals surface area contributed by atoms with Gasteiger partial charge in [0.2, 0.25) is 5.91 Å². The summed E-state index contributed by atoms with van der Waals surface area (Å²) in [6, 6.07) is 23.5. The molecular formula is C25H24N2O3. The number of nitrogens with one attached hydrogen (secondary N) is 2. The molecule has 30 heavy (non-hydrogen) atoms. The van der Waals surface area contributed by atoms with Gasteiger partial charge < -0.3 is 15.7 Å². The van der Waals surface area contributed by atoms with E-state index in [0.29, 0.717) is 17.7 Å². The normalized spacial score (nSPS) is 14.0. The molecule has 3 N–H and O–H groups in total. The zero-order chi connectivity index (χ0) is 20.9. The number of anilines is 1. The molecule has 2 amide bonds. The van der Waals surface area contributed by atoms with Crippen LogP contribution in [0.5, 0.6) is 5.75 Å². The zero-order valence-corrected chi connectivity index (χ0v) is 16.5. The third kappa shape index (κ3) is 5.06. The van der Waals surface area contributed by atoms with Crippen LogP contribution in [0.15, 0.2) is 78.9 Å². The highest BCUT2D eigenvalue weighted by Gasteiger charge is 2.29. The summed E-state index contributed by atoms with van der Waals surface area (Å²) in [5.74, 6) is 0.193. The highest BCUT2D eigenvalue weighted by atomic mass is 16.3. The van der Waals surface area contributed by atoms with E-state index < -0.39 is 0 Å². The Labute approximate surface area is 175 Å². The largest absolute Gasteiger partial charge is 0.508 e. The average molecular weight is 400 g/mol. The van der Waals surface area contributed by atoms with E-state index in [4.69, 9.17) is 0 Å². The molecule has 4 rings (SSSR count). The van der Waals surface area contributed by atoms with Gasteiger partial charge in [0.05, 0.1) is 6.04 Å². The highest BCUT2D eigenvalue weighted by molar-refractivity contribution is 5.97. The van der Waals surface area contributed by atoms with Crippen LogP contribution in [0.25, 0.3) is 0 Å². The quantitative estimate of drug-likeness (QED) is 0.548. The van der Waals surface area contributed by atoms with E-state index in [1.807, 2.05) is 36.4 Å². The average Bonchev–Trinajstić information content (AvgIpc) is 3.60. The highest BCUT2D eigenvalue weighted by Crippen LogP contribution is 2.30. The van der Waals surface area contributed by atoms with Crippen molar-refractivity contribution < 1.29 is 14.7 Å². The number of benzene rings is 3. The van der Waals surface area contributed by atoms with Crippen molar-refractivity contribution in [2.45, 2.75) is 25.3 Å². The summed E-state index contributed by atoms with van der Waals surface area (Å²) in [5, 5.41) is 15.7. The van der Waals surface area contributed by atoms with Crippen molar-refractivity contribution in [2.24, 2.45) is 5.92 Å². The molecule has 0 bridgehead atoms. The molecule has 1 aliphatic rings. The Morgan fingerprint density at radius 2 is 1.67 bits per heavy atom. The summed E-state index contributed by atoms with van der Waals surface area (Å²) < 4.78 is 0. The van der Waals surface area contributed by atoms with Crippen molar-refractivity contribution in [3.63, 3.8) is 0 Å². The van der Waals surface area contributed by atoms with Crippen molar-refractivity contribution in [2.75, 3.05) is 5.32 Å². The summed E-state index contributed by atoms with van der Waals surface area (Å²) in [4.78, 5) is 24.8. The van der Waals surface area contributed by atoms with E-state index in [-0.39, 0.29) is 29.5 Å². The van der Waals surface area contributed by atoms with Gasteiger partial charge in [-0.15, -0.1) is 0 Å². The second kappa shape index (κ2) is 8.82. The molecule has 1 atom stereocenters. The van der Waals surface area contributed by atoms with Crippen LogP contribution in [0.1, 0.15) is 40.4 Å². The molecule has 1 aliphatic carbocycles. The van der Waals surface area contributed by atoms with E-state index in [9.17, 15) is 14.7 Å². The second-order valence-electron chi connectivity index (χ2n) is 7.65. The molecule has 0 unspecified atom stereocenters. The number of amides is 2. The third-order valence-electron chi connectivity index (χ3n) is 5.22. The lowest BCUT2D eigenvalue weighted by Crippen LogP contribution is -2.30. The molecule has 0 aromatic heterocycles. The summed E-state index contributed by atoms with van der Waals surface area (Å²) >= 11 is 0. The Bertz CT molecular complexity index is 1030. The number of phenolic OH excluding ortho intramolecular Hbond substituents is 1. The Morgan fingerprint density at radius 1 is 0.933 bits per heavy atom. The van der Waals surface area contributed by atoms with Gasteiger partial charge in [0.1, 0.15) is 5.75 Å². The number of carbonyl (C=O) groups excluding carboxylic acids is 2. The monoisotopic (exact) mass is 400 g/mol. The number of hydrogen-bond acceptors (Lipinski definition) is 3. The van der Waals surface area contributed by atoms with E-state index in [1.54, 1.807) is 42.5 Å². The molecular weight excluding hydrogens is 376 g/mol. The third-order valence-corrected chi connectivity index (χ3v) is 5.22. The first-order valence-electron chi connectivity index (χ1n) is 10.1. The van der Waals surface area contributed by atoms with Crippen LogP contribution in [0.4, 0.5) is 5.69 Å². The second-order valence-corrected chi connectivity index (χ2v) is 7.65. The fourth-order valence-electron chi connectivity index (χ4n) is 3.39. The predicted octanol–water partition coefficient (Wildman–Crippen LogP) is 4.45. The Hall–Kier alpha value is -3.60. The van der Waals surface area contributed by atoms with Crippen molar-refractivity contribution in [3.8, 4) is 5.75 Å². The molecule has 1 saturated carbocycles. The van der Waals surface area contributed by atoms with E-state index >= 15 is 0 Å². The molecule has 5 nitrogen and oxygen atoms in total. The SMILES string of the molecule is O=C(N[C@H](Cc1cccc(O)c1)c1ccccc1)c1ccc(NC(=O)C2CC2)cc1. The van der Waals surface area contributed by atoms with Gasteiger partial charge in [0.25, 0.3) is 5.91 Å². The van der Waals surface area contributed by atoms with Crippen molar-refractivity contribution in [3.05, 3.63) is 95.6 Å². The molecule has 0 spiro atoms. The smallest absolute Gasteiger partial charge is 0.251 e. The fraction of sp³-hybridized carbons (Fsp3) is 0.200. The molecule has 1 fully saturated rings. The molecule has 0 aliphatic heterocycles. The predicted molar refractivity (Wildman–Crippen MR) is 116 cm³/mol. The van der Waals surface area contributed by atoms with E-state index in [2.05, 4.69) is 10.6 Å². The number of phenols is 1. The van der Waals surface area contributed by atoms with Crippen LogP contribution in [0.2, 0.25) is 0 Å². The zero-order valence-electron chi connectivity index (χ0n) is 16.5. The van der Waals surface area contributed by atoms with Gasteiger partial charge >= 0.3 is 0 Å². The van der Waals surface area contributed by atoms with Gasteiger partial charge in [-0.05, 0) is 66.8 Å². The van der Waals surface area contributed by atoms with Crippen molar-refractivity contribution >= 4 is 17.5 Å². The lowest BCUT2D eigenvalue weighted by molar-refractivity contribution is -0.117. The first-order chi connectivity index (χ1) is 14.6. The van der Waals surface area contributed by atoms with Crippen LogP contribution in [-0.2, 0) is 11.2 Å². The summed E-state index contributed by atoms with van der Waals surface area (Å²) in [7, 11) is 0. The standard InChI is InChI=1S/C25H24N2O3/c28-22-8-4-5-17(15-22)16-23(18-6-2-1-3-7-18)27-25(30)20-11-13-21(14-12-20)26-24(29)19-9-10-19/h1-8,11-15,19,23,28H,9-10,16H2,(H,26,29)(H,27,30)/t23-/m1/s1. The fourth-order valence-corrected chi connectivity index (χ4v) is 3.39. The molecule has 5 heteroatoms. The van der Waals surface area contributed by atoms with E-state index in [0.717, 1.165) is 24.0 Å². The topological polar surface area (TPSA) is 78.4 Å². The van der Waals surface area contributed by atoms with Gasteiger partial charge in [-0.3, -0.25) is 9.59 Å². The lowest BCUT2D eigenvalue weighted by atomic mass is 9.98. The molecule has 3 aromatic carbocycles. The van der Waals surface area contributed by atoms with Gasteiger partial charge in [-0.1, -0.05) is 42.5 Å². The molecule has 0 heterocycles. The summed E-state index contributed by atoms with van der Waals surface area (Å²) in [6.45, 7) is 0. The van der Waals surface area contributed by atoms with Crippen LogP contribution >= 0.6 is 0 Å². The molecule has 3 aromatic rings. The maximum atomic E-state index is 12.9. The van der Waals surface area contributed by atoms with Gasteiger partial charge in [-0.2, -0.15) is 0 Å². The summed E-state index contributed by atoms with van der Waals surface area (Å²) in [5.41, 5.74) is 3.14. The minimum absolute atomic E-state index is 0.0439. The van der Waals surface area contributed by atoms with Crippen LogP contribution in [-0.4, -0.2) is 16.9 Å². The minimum Gasteiger partial charge on any atom is -0.508 e. The van der Waals surface area contributed by atoms with E-state index in [1.165, 1.54) is 0 Å². The number of carbonyl (C=O) groups is 2. The first-order valence-corrected chi connectivity index (χ1v) is 10.1. The Balaban J connectivity index is 1.47. The minimum atomic E-state index is -0.241.